The first-order chi connectivity index (χ1) is 7.74. The zero-order chi connectivity index (χ0) is 12.1. The van der Waals surface area contributed by atoms with Crippen molar-refractivity contribution in [2.24, 2.45) is 7.05 Å². The van der Waals surface area contributed by atoms with E-state index in [1.807, 2.05) is 32.2 Å². The summed E-state index contributed by atoms with van der Waals surface area (Å²) in [5.74, 6) is 3.28. The van der Waals surface area contributed by atoms with Gasteiger partial charge in [0.15, 0.2) is 0 Å². The average Bonchev–Trinajstić information content (AvgIpc) is 2.68. The van der Waals surface area contributed by atoms with E-state index in [9.17, 15) is 0 Å². The predicted octanol–water partition coefficient (Wildman–Crippen LogP) is 1.62. The molecule has 0 aliphatic heterocycles. The van der Waals surface area contributed by atoms with Gasteiger partial charge in [0.1, 0.15) is 12.5 Å². The maximum Gasteiger partial charge on any atom is 0.136 e. The van der Waals surface area contributed by atoms with Crippen LogP contribution in [0, 0.1) is 12.3 Å². The second-order valence-corrected chi connectivity index (χ2v) is 3.06. The fourth-order valence-corrected chi connectivity index (χ4v) is 1.46. The molecule has 2 rings (SSSR count). The molecule has 16 heavy (non-hydrogen) atoms. The van der Waals surface area contributed by atoms with E-state index in [-0.39, 0.29) is 1.43 Å². The molecule has 0 spiro atoms. The van der Waals surface area contributed by atoms with Gasteiger partial charge >= 0.3 is 0 Å². The van der Waals surface area contributed by atoms with Crippen LogP contribution < -0.4 is 4.74 Å². The van der Waals surface area contributed by atoms with Gasteiger partial charge in [-0.05, 0) is 6.07 Å². The van der Waals surface area contributed by atoms with Crippen LogP contribution in [0.2, 0.25) is 0 Å². The molecule has 0 amide bonds. The second-order valence-electron chi connectivity index (χ2n) is 3.06. The van der Waals surface area contributed by atoms with Crippen LogP contribution in [0.4, 0.5) is 0 Å². The van der Waals surface area contributed by atoms with Crippen LogP contribution in [0.5, 0.6) is 5.75 Å². The van der Waals surface area contributed by atoms with Crippen molar-refractivity contribution in [3.8, 4) is 18.1 Å². The zero-order valence-corrected chi connectivity index (χ0v) is 9.23. The molecule has 1 heterocycles. The van der Waals surface area contributed by atoms with E-state index >= 15 is 0 Å². The minimum absolute atomic E-state index is 0. The Morgan fingerprint density at radius 3 is 2.81 bits per heavy atom. The minimum atomic E-state index is 0. The Balaban J connectivity index is 0.000000811. The number of nitrogens with zero attached hydrogens (tertiary/aromatic N) is 2. The fraction of sp³-hybridized carbons (Fsp3) is 0.167. The van der Waals surface area contributed by atoms with Gasteiger partial charge < -0.3 is 9.53 Å². The largest absolute Gasteiger partial charge is 0.495 e. The molecule has 2 aromatic rings. The second kappa shape index (κ2) is 4.99. The van der Waals surface area contributed by atoms with Crippen LogP contribution in [0.3, 0.4) is 0 Å². The third-order valence-electron chi connectivity index (χ3n) is 2.10. The monoisotopic (exact) mass is 218 g/mol. The molecule has 0 aliphatic rings. The van der Waals surface area contributed by atoms with E-state index < -0.39 is 0 Å². The van der Waals surface area contributed by atoms with E-state index in [0.29, 0.717) is 5.75 Å². The molecule has 0 atom stereocenters. The summed E-state index contributed by atoms with van der Waals surface area (Å²) >= 11 is 0. The topological polar surface area (TPSA) is 44.1 Å². The van der Waals surface area contributed by atoms with Gasteiger partial charge in [-0.15, -0.1) is 6.42 Å². The molecule has 4 nitrogen and oxygen atoms in total. The fourth-order valence-electron chi connectivity index (χ4n) is 1.46. The first-order valence-electron chi connectivity index (χ1n) is 4.51. The number of rotatable bonds is 1. The van der Waals surface area contributed by atoms with Crippen LogP contribution in [-0.2, 0) is 11.8 Å². The molecule has 0 N–H and O–H groups in total. The summed E-state index contributed by atoms with van der Waals surface area (Å²) in [5, 5.41) is 5.29. The van der Waals surface area contributed by atoms with Crippen molar-refractivity contribution >= 4 is 17.7 Å². The Kier molecular flexibility index (Phi) is 3.67. The van der Waals surface area contributed by atoms with Crippen molar-refractivity contribution in [2.45, 2.75) is 0 Å². The van der Waals surface area contributed by atoms with Crippen LogP contribution in [0.25, 0.3) is 10.9 Å². The van der Waals surface area contributed by atoms with Crippen molar-refractivity contribution in [1.82, 2.24) is 9.78 Å². The highest BCUT2D eigenvalue weighted by atomic mass is 16.5. The Bertz CT molecular complexity index is 543. The lowest BCUT2D eigenvalue weighted by molar-refractivity contribution is -0.0979. The van der Waals surface area contributed by atoms with Crippen LogP contribution in [0.1, 0.15) is 6.99 Å². The number of fused-ring (bicyclic) bond motifs is 1. The number of carbonyl (C=O) groups is 1. The SMILES string of the molecule is C#Cc1cc2cn(C)nc2cc1OC.C=O.[HH]. The van der Waals surface area contributed by atoms with E-state index in [1.165, 1.54) is 0 Å². The van der Waals surface area contributed by atoms with Crippen LogP contribution >= 0.6 is 0 Å². The molecule has 0 saturated heterocycles. The van der Waals surface area contributed by atoms with Crippen molar-refractivity contribution < 1.29 is 11.0 Å². The molecule has 0 radical (unpaired) electrons. The summed E-state index contributed by atoms with van der Waals surface area (Å²) in [6.45, 7) is 2.00. The Morgan fingerprint density at radius 2 is 2.25 bits per heavy atom. The van der Waals surface area contributed by atoms with Gasteiger partial charge in [-0.1, -0.05) is 5.92 Å². The van der Waals surface area contributed by atoms with Gasteiger partial charge in [-0.25, -0.2) is 0 Å². The van der Waals surface area contributed by atoms with Crippen molar-refractivity contribution in [2.75, 3.05) is 7.11 Å². The Morgan fingerprint density at radius 1 is 1.56 bits per heavy atom. The number of terminal acetylenes is 1. The van der Waals surface area contributed by atoms with E-state index in [4.69, 9.17) is 16.0 Å². The lowest BCUT2D eigenvalue weighted by Crippen LogP contribution is -1.88. The molecule has 0 aliphatic carbocycles. The lowest BCUT2D eigenvalue weighted by Gasteiger charge is -2.01. The molecule has 0 saturated carbocycles. The number of methoxy groups -OCH3 is 1. The van der Waals surface area contributed by atoms with E-state index in [2.05, 4.69) is 11.0 Å². The quantitative estimate of drug-likeness (QED) is 0.683. The van der Waals surface area contributed by atoms with Crippen molar-refractivity contribution in [3.63, 3.8) is 0 Å². The molecule has 1 aromatic carbocycles. The number of carbonyl (C=O) groups excluding carboxylic acids is 1. The summed E-state index contributed by atoms with van der Waals surface area (Å²) in [6.07, 6.45) is 7.29. The summed E-state index contributed by atoms with van der Waals surface area (Å²) in [4.78, 5) is 8.00. The van der Waals surface area contributed by atoms with Gasteiger partial charge in [-0.2, -0.15) is 5.10 Å². The third kappa shape index (κ3) is 2.04. The molecular weight excluding hydrogens is 204 g/mol. The van der Waals surface area contributed by atoms with Gasteiger partial charge in [0.25, 0.3) is 0 Å². The standard InChI is InChI=1S/C11H10N2O.CH2O.H2/c1-4-8-5-9-7-13(2)12-10(9)6-11(8)14-3;1-2;/h1,5-7H,2-3H3;1H2;1H. The maximum absolute atomic E-state index is 8.00. The summed E-state index contributed by atoms with van der Waals surface area (Å²) in [7, 11) is 3.48. The normalized spacial score (nSPS) is 9.06. The molecule has 84 valence electrons. The highest BCUT2D eigenvalue weighted by Gasteiger charge is 2.05. The van der Waals surface area contributed by atoms with Crippen LogP contribution in [-0.4, -0.2) is 23.7 Å². The predicted molar refractivity (Wildman–Crippen MR) is 64.4 cm³/mol. The number of hydrogen-bond acceptors (Lipinski definition) is 3. The first-order valence-corrected chi connectivity index (χ1v) is 4.51. The lowest BCUT2D eigenvalue weighted by atomic mass is 10.1. The number of hydrogen-bond donors (Lipinski definition) is 0. The smallest absolute Gasteiger partial charge is 0.136 e. The highest BCUT2D eigenvalue weighted by molar-refractivity contribution is 5.82. The van der Waals surface area contributed by atoms with Gasteiger partial charge in [-0.3, -0.25) is 4.68 Å². The number of aryl methyl sites for hydroxylation is 1. The van der Waals surface area contributed by atoms with Crippen LogP contribution in [0.15, 0.2) is 18.3 Å². The molecule has 0 bridgehead atoms. The van der Waals surface area contributed by atoms with E-state index in [0.717, 1.165) is 16.5 Å². The molecule has 1 aromatic heterocycles. The third-order valence-corrected chi connectivity index (χ3v) is 2.10. The Labute approximate surface area is 95.3 Å². The van der Waals surface area contributed by atoms with Crippen molar-refractivity contribution in [3.05, 3.63) is 23.9 Å². The summed E-state index contributed by atoms with van der Waals surface area (Å²) in [5.41, 5.74) is 1.65. The first kappa shape index (κ1) is 11.8. The Hall–Kier alpha value is -2.28. The van der Waals surface area contributed by atoms with E-state index in [1.54, 1.807) is 11.8 Å². The molecule has 0 fully saturated rings. The van der Waals surface area contributed by atoms with Crippen molar-refractivity contribution in [1.29, 1.82) is 0 Å². The average molecular weight is 218 g/mol. The van der Waals surface area contributed by atoms with Gasteiger partial charge in [0, 0.05) is 26.1 Å². The number of benzene rings is 1. The summed E-state index contributed by atoms with van der Waals surface area (Å²) < 4.78 is 6.92. The highest BCUT2D eigenvalue weighted by Crippen LogP contribution is 2.23. The number of ether oxygens (including phenoxy) is 1. The minimum Gasteiger partial charge on any atom is -0.495 e. The van der Waals surface area contributed by atoms with Gasteiger partial charge in [0.05, 0.1) is 18.2 Å². The zero-order valence-electron chi connectivity index (χ0n) is 9.23. The number of aromatic nitrogens is 2. The maximum atomic E-state index is 8.00. The summed E-state index contributed by atoms with van der Waals surface area (Å²) in [6, 6.07) is 3.76. The molecular formula is C12H14N2O2. The molecule has 4 heteroatoms. The van der Waals surface area contributed by atoms with Gasteiger partial charge in [0.2, 0.25) is 0 Å². The molecule has 0 unspecified atom stereocenters.